The lowest BCUT2D eigenvalue weighted by atomic mass is 10.1. The fraction of sp³-hybridized carbons (Fsp3) is 0.400. The number of methoxy groups -OCH3 is 1. The average Bonchev–Trinajstić information content (AvgIpc) is 2.80. The molecule has 1 aliphatic rings. The molecule has 96 valence electrons. The number of esters is 1. The van der Waals surface area contributed by atoms with Gasteiger partial charge in [-0.2, -0.15) is 0 Å². The zero-order chi connectivity index (χ0) is 13.1. The number of hydrogen-bond acceptors (Lipinski definition) is 7. The highest BCUT2D eigenvalue weighted by atomic mass is 32.1. The second-order valence-electron chi connectivity index (χ2n) is 3.67. The monoisotopic (exact) mass is 269 g/mol. The molecule has 2 N–H and O–H groups in total. The first-order valence-electron chi connectivity index (χ1n) is 5.24. The number of carbonyl (C=O) groups is 3. The van der Waals surface area contributed by atoms with Gasteiger partial charge in [0.2, 0.25) is 11.8 Å². The number of amides is 2. The Morgan fingerprint density at radius 3 is 3.06 bits per heavy atom. The van der Waals surface area contributed by atoms with Crippen molar-refractivity contribution in [3.05, 3.63) is 11.1 Å². The summed E-state index contributed by atoms with van der Waals surface area (Å²) in [5.41, 5.74) is 0. The molecule has 1 aromatic rings. The van der Waals surface area contributed by atoms with E-state index >= 15 is 0 Å². The standard InChI is InChI=1S/C10H11N3O4S/c1-17-9(16)6-4-11-10(18-6)12-5-2-3-7(14)13-8(5)15/h4-5H,2-3H2,1H3,(H,11,12)(H,13,14,15). The maximum absolute atomic E-state index is 11.5. The largest absolute Gasteiger partial charge is 0.465 e. The average molecular weight is 269 g/mol. The molecular weight excluding hydrogens is 258 g/mol. The number of hydrogen-bond donors (Lipinski definition) is 2. The molecule has 1 aliphatic heterocycles. The Morgan fingerprint density at radius 2 is 2.39 bits per heavy atom. The number of carbonyl (C=O) groups excluding carboxylic acids is 3. The number of anilines is 1. The van der Waals surface area contributed by atoms with Crippen molar-refractivity contribution < 1.29 is 19.1 Å². The highest BCUT2D eigenvalue weighted by Gasteiger charge is 2.27. The van der Waals surface area contributed by atoms with Crippen molar-refractivity contribution in [1.29, 1.82) is 0 Å². The molecule has 0 aromatic carbocycles. The van der Waals surface area contributed by atoms with Crippen LogP contribution in [0.4, 0.5) is 5.13 Å². The number of imide groups is 1. The Bertz CT molecular complexity index is 499. The molecular formula is C10H11N3O4S. The van der Waals surface area contributed by atoms with Crippen LogP contribution in [-0.2, 0) is 14.3 Å². The van der Waals surface area contributed by atoms with E-state index in [0.717, 1.165) is 11.3 Å². The number of rotatable bonds is 3. The second kappa shape index (κ2) is 5.13. The minimum atomic E-state index is -0.501. The van der Waals surface area contributed by atoms with Crippen molar-refractivity contribution in [3.8, 4) is 0 Å². The molecule has 7 nitrogen and oxygen atoms in total. The molecule has 0 saturated carbocycles. The summed E-state index contributed by atoms with van der Waals surface area (Å²) in [6.07, 6.45) is 2.08. The number of ether oxygens (including phenoxy) is 1. The van der Waals surface area contributed by atoms with Crippen LogP contribution in [0.15, 0.2) is 6.20 Å². The predicted molar refractivity (Wildman–Crippen MR) is 63.2 cm³/mol. The van der Waals surface area contributed by atoms with Crippen LogP contribution in [-0.4, -0.2) is 35.9 Å². The third-order valence-electron chi connectivity index (χ3n) is 2.43. The van der Waals surface area contributed by atoms with Crippen molar-refractivity contribution in [2.75, 3.05) is 12.4 Å². The smallest absolute Gasteiger partial charge is 0.349 e. The van der Waals surface area contributed by atoms with Gasteiger partial charge < -0.3 is 10.1 Å². The van der Waals surface area contributed by atoms with Gasteiger partial charge in [0.15, 0.2) is 5.13 Å². The molecule has 0 radical (unpaired) electrons. The van der Waals surface area contributed by atoms with Crippen molar-refractivity contribution in [3.63, 3.8) is 0 Å². The molecule has 0 aliphatic carbocycles. The molecule has 0 bridgehead atoms. The first kappa shape index (κ1) is 12.5. The summed E-state index contributed by atoms with van der Waals surface area (Å²) in [6, 6.07) is -0.501. The van der Waals surface area contributed by atoms with E-state index in [1.807, 2.05) is 0 Å². The van der Waals surface area contributed by atoms with E-state index in [-0.39, 0.29) is 11.8 Å². The van der Waals surface area contributed by atoms with Crippen molar-refractivity contribution in [1.82, 2.24) is 10.3 Å². The number of piperidine rings is 1. The van der Waals surface area contributed by atoms with E-state index in [1.165, 1.54) is 13.3 Å². The Balaban J connectivity index is 2.01. The van der Waals surface area contributed by atoms with Gasteiger partial charge in [0.05, 0.1) is 13.3 Å². The van der Waals surface area contributed by atoms with Crippen LogP contribution in [0, 0.1) is 0 Å². The van der Waals surface area contributed by atoms with Gasteiger partial charge in [-0.25, -0.2) is 9.78 Å². The van der Waals surface area contributed by atoms with Crippen LogP contribution in [0.2, 0.25) is 0 Å². The lowest BCUT2D eigenvalue weighted by Crippen LogP contribution is -2.47. The van der Waals surface area contributed by atoms with Gasteiger partial charge in [-0.15, -0.1) is 0 Å². The maximum Gasteiger partial charge on any atom is 0.349 e. The minimum absolute atomic E-state index is 0.271. The quantitative estimate of drug-likeness (QED) is 0.598. The van der Waals surface area contributed by atoms with Gasteiger partial charge in [0, 0.05) is 6.42 Å². The Hall–Kier alpha value is -1.96. The summed E-state index contributed by atoms with van der Waals surface area (Å²) in [7, 11) is 1.29. The number of thiazole rings is 1. The Morgan fingerprint density at radius 1 is 1.61 bits per heavy atom. The minimum Gasteiger partial charge on any atom is -0.465 e. The molecule has 1 aromatic heterocycles. The van der Waals surface area contributed by atoms with Gasteiger partial charge in [0.1, 0.15) is 10.9 Å². The van der Waals surface area contributed by atoms with Crippen molar-refractivity contribution in [2.45, 2.75) is 18.9 Å². The summed E-state index contributed by atoms with van der Waals surface area (Å²) in [5.74, 6) is -1.11. The van der Waals surface area contributed by atoms with Crippen LogP contribution in [0.1, 0.15) is 22.5 Å². The van der Waals surface area contributed by atoms with E-state index in [1.54, 1.807) is 0 Å². The van der Waals surface area contributed by atoms with Gasteiger partial charge >= 0.3 is 5.97 Å². The Labute approximate surface area is 107 Å². The molecule has 8 heteroatoms. The molecule has 2 heterocycles. The van der Waals surface area contributed by atoms with E-state index in [4.69, 9.17) is 0 Å². The van der Waals surface area contributed by atoms with Crippen LogP contribution in [0.5, 0.6) is 0 Å². The predicted octanol–water partition coefficient (Wildman–Crippen LogP) is 0.147. The van der Waals surface area contributed by atoms with Crippen LogP contribution in [0.3, 0.4) is 0 Å². The molecule has 1 unspecified atom stereocenters. The highest BCUT2D eigenvalue weighted by molar-refractivity contribution is 7.17. The van der Waals surface area contributed by atoms with Gasteiger partial charge in [-0.1, -0.05) is 11.3 Å². The topological polar surface area (TPSA) is 97.4 Å². The van der Waals surface area contributed by atoms with E-state index in [0.29, 0.717) is 22.9 Å². The summed E-state index contributed by atoms with van der Waals surface area (Å²) in [5, 5.41) is 5.57. The molecule has 2 amide bonds. The molecule has 0 spiro atoms. The summed E-state index contributed by atoms with van der Waals surface area (Å²) < 4.78 is 4.55. The molecule has 1 fully saturated rings. The number of nitrogens with zero attached hydrogens (tertiary/aromatic N) is 1. The lowest BCUT2D eigenvalue weighted by Gasteiger charge is -2.21. The number of nitrogens with one attached hydrogen (secondary N) is 2. The molecule has 1 saturated heterocycles. The van der Waals surface area contributed by atoms with Gasteiger partial charge in [-0.05, 0) is 6.42 Å². The van der Waals surface area contributed by atoms with E-state index in [9.17, 15) is 14.4 Å². The second-order valence-corrected chi connectivity index (χ2v) is 4.70. The first-order valence-corrected chi connectivity index (χ1v) is 6.06. The van der Waals surface area contributed by atoms with Gasteiger partial charge in [0.25, 0.3) is 0 Å². The van der Waals surface area contributed by atoms with Gasteiger partial charge in [-0.3, -0.25) is 14.9 Å². The van der Waals surface area contributed by atoms with Crippen molar-refractivity contribution in [2.24, 2.45) is 0 Å². The fourth-order valence-electron chi connectivity index (χ4n) is 1.52. The number of aromatic nitrogens is 1. The molecule has 1 atom stereocenters. The molecule has 18 heavy (non-hydrogen) atoms. The zero-order valence-electron chi connectivity index (χ0n) is 9.56. The van der Waals surface area contributed by atoms with Crippen molar-refractivity contribution >= 4 is 34.3 Å². The fourth-order valence-corrected chi connectivity index (χ4v) is 2.30. The van der Waals surface area contributed by atoms with Crippen LogP contribution >= 0.6 is 11.3 Å². The third-order valence-corrected chi connectivity index (χ3v) is 3.34. The van der Waals surface area contributed by atoms with E-state index < -0.39 is 12.0 Å². The third kappa shape index (κ3) is 2.65. The molecule has 2 rings (SSSR count). The summed E-state index contributed by atoms with van der Waals surface area (Å²) >= 11 is 1.10. The van der Waals surface area contributed by atoms with E-state index in [2.05, 4.69) is 20.4 Å². The van der Waals surface area contributed by atoms with Crippen LogP contribution < -0.4 is 10.6 Å². The highest BCUT2D eigenvalue weighted by Crippen LogP contribution is 2.21. The summed E-state index contributed by atoms with van der Waals surface area (Å²) in [4.78, 5) is 38.0. The Kier molecular flexibility index (Phi) is 3.56. The summed E-state index contributed by atoms with van der Waals surface area (Å²) in [6.45, 7) is 0. The normalized spacial score (nSPS) is 19.3. The SMILES string of the molecule is COC(=O)c1cnc(NC2CCC(=O)NC2=O)s1. The zero-order valence-corrected chi connectivity index (χ0v) is 10.4. The lowest BCUT2D eigenvalue weighted by molar-refractivity contribution is -0.133. The first-order chi connectivity index (χ1) is 8.60. The maximum atomic E-state index is 11.5. The van der Waals surface area contributed by atoms with Crippen LogP contribution in [0.25, 0.3) is 0 Å².